The highest BCUT2D eigenvalue weighted by molar-refractivity contribution is 5.74. The predicted octanol–water partition coefficient (Wildman–Crippen LogP) is 3.35. The Morgan fingerprint density at radius 3 is 2.62 bits per heavy atom. The lowest BCUT2D eigenvalue weighted by molar-refractivity contribution is -0.0512. The number of aromatic nitrogens is 1. The van der Waals surface area contributed by atoms with Crippen molar-refractivity contribution < 1.29 is 22.8 Å². The summed E-state index contributed by atoms with van der Waals surface area (Å²) < 4.78 is 39.0. The van der Waals surface area contributed by atoms with Gasteiger partial charge in [-0.25, -0.2) is 0 Å². The first-order valence-corrected chi connectivity index (χ1v) is 6.04. The molecule has 5 nitrogen and oxygen atoms in total. The summed E-state index contributed by atoms with van der Waals surface area (Å²) in [5.41, 5.74) is 7.29. The maximum atomic E-state index is 12.3. The zero-order valence-corrected chi connectivity index (χ0v) is 11.5. The summed E-state index contributed by atoms with van der Waals surface area (Å²) in [5.74, 6) is 0.703. The fourth-order valence-corrected chi connectivity index (χ4v) is 1.68. The molecule has 112 valence electrons. The van der Waals surface area contributed by atoms with E-state index in [4.69, 9.17) is 15.0 Å². The Bertz CT molecular complexity index is 654. The molecule has 0 aliphatic carbocycles. The number of nitrogens with two attached hydrogens (primary N) is 1. The lowest BCUT2D eigenvalue weighted by Crippen LogP contribution is -2.03. The first-order valence-electron chi connectivity index (χ1n) is 6.04. The number of methoxy groups -OCH3 is 1. The molecule has 0 radical (unpaired) electrons. The van der Waals surface area contributed by atoms with Crippen LogP contribution in [0.4, 0.5) is 14.5 Å². The minimum Gasteiger partial charge on any atom is -0.493 e. The molecule has 2 aromatic rings. The van der Waals surface area contributed by atoms with Crippen LogP contribution in [0.15, 0.2) is 22.7 Å². The molecule has 2 N–H and O–H groups in total. The number of benzene rings is 1. The number of rotatable bonds is 5. The minimum atomic E-state index is -2.92. The van der Waals surface area contributed by atoms with Crippen LogP contribution >= 0.6 is 0 Å². The van der Waals surface area contributed by atoms with Crippen LogP contribution in [-0.2, 0) is 0 Å². The molecule has 1 aromatic carbocycles. The molecule has 0 atom stereocenters. The Balaban J connectivity index is 2.26. The van der Waals surface area contributed by atoms with Gasteiger partial charge in [0.25, 0.3) is 0 Å². The van der Waals surface area contributed by atoms with Crippen molar-refractivity contribution in [3.63, 3.8) is 0 Å². The van der Waals surface area contributed by atoms with Crippen LogP contribution in [0.1, 0.15) is 17.0 Å². The van der Waals surface area contributed by atoms with Gasteiger partial charge in [-0.05, 0) is 30.7 Å². The van der Waals surface area contributed by atoms with Crippen molar-refractivity contribution >= 4 is 17.8 Å². The van der Waals surface area contributed by atoms with Gasteiger partial charge in [0.15, 0.2) is 17.3 Å². The number of hydrogen-bond donors (Lipinski definition) is 1. The molecule has 1 heterocycles. The molecule has 0 amide bonds. The van der Waals surface area contributed by atoms with Gasteiger partial charge in [0.1, 0.15) is 11.4 Å². The number of nitrogens with zero attached hydrogens (tertiary/aromatic N) is 1. The van der Waals surface area contributed by atoms with Gasteiger partial charge in [-0.3, -0.25) is 0 Å². The summed E-state index contributed by atoms with van der Waals surface area (Å²) in [4.78, 5) is 0. The van der Waals surface area contributed by atoms with E-state index in [1.54, 1.807) is 25.1 Å². The van der Waals surface area contributed by atoms with Gasteiger partial charge in [-0.2, -0.15) is 8.78 Å². The normalized spacial score (nSPS) is 11.3. The van der Waals surface area contributed by atoms with Crippen molar-refractivity contribution in [1.29, 1.82) is 0 Å². The van der Waals surface area contributed by atoms with Crippen LogP contribution in [0, 0.1) is 6.92 Å². The number of nitrogen functional groups attached to an aromatic ring is 1. The van der Waals surface area contributed by atoms with E-state index < -0.39 is 6.61 Å². The third-order valence-electron chi connectivity index (χ3n) is 2.77. The van der Waals surface area contributed by atoms with Gasteiger partial charge in [0, 0.05) is 0 Å². The molecule has 0 fully saturated rings. The van der Waals surface area contributed by atoms with Crippen LogP contribution in [0.3, 0.4) is 0 Å². The number of alkyl halides is 2. The van der Waals surface area contributed by atoms with Gasteiger partial charge < -0.3 is 19.7 Å². The molecule has 1 aromatic heterocycles. The maximum Gasteiger partial charge on any atom is 0.387 e. The van der Waals surface area contributed by atoms with E-state index in [1.165, 1.54) is 19.2 Å². The number of halogens is 2. The average Bonchev–Trinajstić information content (AvgIpc) is 2.76. The largest absolute Gasteiger partial charge is 0.493 e. The van der Waals surface area contributed by atoms with Crippen molar-refractivity contribution in [3.05, 3.63) is 35.2 Å². The van der Waals surface area contributed by atoms with Crippen molar-refractivity contribution in [2.75, 3.05) is 12.8 Å². The van der Waals surface area contributed by atoms with Crippen LogP contribution in [0.25, 0.3) is 12.2 Å². The van der Waals surface area contributed by atoms with Crippen LogP contribution in [0.5, 0.6) is 11.5 Å². The number of anilines is 1. The van der Waals surface area contributed by atoms with E-state index in [1.807, 2.05) is 0 Å². The second-order valence-corrected chi connectivity index (χ2v) is 4.16. The lowest BCUT2D eigenvalue weighted by Gasteiger charge is -2.10. The SMILES string of the molecule is COc1ccc(C=Cc2noc(C)c2N)cc1OC(F)F. The zero-order chi connectivity index (χ0) is 15.4. The second-order valence-electron chi connectivity index (χ2n) is 4.16. The van der Waals surface area contributed by atoms with E-state index in [0.29, 0.717) is 22.7 Å². The molecule has 0 spiro atoms. The van der Waals surface area contributed by atoms with E-state index in [9.17, 15) is 8.78 Å². The number of aryl methyl sites for hydroxylation is 1. The molecule has 0 saturated carbocycles. The molecular weight excluding hydrogens is 282 g/mol. The van der Waals surface area contributed by atoms with E-state index in [2.05, 4.69) is 9.89 Å². The highest BCUT2D eigenvalue weighted by Gasteiger charge is 2.11. The number of hydrogen-bond acceptors (Lipinski definition) is 5. The molecular formula is C14H14F2N2O3. The van der Waals surface area contributed by atoms with Crippen LogP contribution in [0.2, 0.25) is 0 Å². The van der Waals surface area contributed by atoms with Crippen molar-refractivity contribution in [2.24, 2.45) is 0 Å². The first kappa shape index (κ1) is 14.8. The molecule has 21 heavy (non-hydrogen) atoms. The Hall–Kier alpha value is -2.57. The van der Waals surface area contributed by atoms with E-state index >= 15 is 0 Å². The summed E-state index contributed by atoms with van der Waals surface area (Å²) in [6, 6.07) is 4.66. The summed E-state index contributed by atoms with van der Waals surface area (Å²) in [6.45, 7) is -1.23. The highest BCUT2D eigenvalue weighted by Crippen LogP contribution is 2.30. The highest BCUT2D eigenvalue weighted by atomic mass is 19.3. The molecule has 0 bridgehead atoms. The van der Waals surface area contributed by atoms with Crippen LogP contribution in [-0.4, -0.2) is 18.9 Å². The standard InChI is InChI=1S/C14H14F2N2O3/c1-8-13(17)10(18-21-8)5-3-9-4-6-11(19-2)12(7-9)20-14(15)16/h3-7,14H,17H2,1-2H3. The quantitative estimate of drug-likeness (QED) is 0.916. The number of ether oxygens (including phenoxy) is 2. The van der Waals surface area contributed by atoms with Crippen LogP contribution < -0.4 is 15.2 Å². The average molecular weight is 296 g/mol. The third kappa shape index (κ3) is 3.50. The first-order chi connectivity index (χ1) is 10.0. The van der Waals surface area contributed by atoms with Crippen molar-refractivity contribution in [2.45, 2.75) is 13.5 Å². The Morgan fingerprint density at radius 1 is 1.29 bits per heavy atom. The summed E-state index contributed by atoms with van der Waals surface area (Å²) in [5, 5.41) is 3.77. The minimum absolute atomic E-state index is 0.0426. The fraction of sp³-hybridized carbons (Fsp3) is 0.214. The molecule has 7 heteroatoms. The Morgan fingerprint density at radius 2 is 2.05 bits per heavy atom. The fourth-order valence-electron chi connectivity index (χ4n) is 1.68. The Labute approximate surface area is 119 Å². The van der Waals surface area contributed by atoms with Gasteiger partial charge in [-0.15, -0.1) is 0 Å². The third-order valence-corrected chi connectivity index (χ3v) is 2.77. The van der Waals surface area contributed by atoms with E-state index in [-0.39, 0.29) is 11.5 Å². The summed E-state index contributed by atoms with van der Waals surface area (Å²) in [7, 11) is 1.38. The van der Waals surface area contributed by atoms with E-state index in [0.717, 1.165) is 0 Å². The molecule has 0 saturated heterocycles. The lowest BCUT2D eigenvalue weighted by atomic mass is 10.1. The molecule has 0 unspecified atom stereocenters. The second kappa shape index (κ2) is 6.25. The van der Waals surface area contributed by atoms with Gasteiger partial charge in [0.2, 0.25) is 0 Å². The monoisotopic (exact) mass is 296 g/mol. The van der Waals surface area contributed by atoms with Crippen molar-refractivity contribution in [1.82, 2.24) is 5.16 Å². The predicted molar refractivity (Wildman–Crippen MR) is 74.2 cm³/mol. The Kier molecular flexibility index (Phi) is 4.42. The van der Waals surface area contributed by atoms with Gasteiger partial charge in [-0.1, -0.05) is 17.3 Å². The maximum absolute atomic E-state index is 12.3. The molecule has 2 rings (SSSR count). The smallest absolute Gasteiger partial charge is 0.387 e. The summed E-state index contributed by atoms with van der Waals surface area (Å²) in [6.07, 6.45) is 3.28. The summed E-state index contributed by atoms with van der Waals surface area (Å²) >= 11 is 0. The van der Waals surface area contributed by atoms with Gasteiger partial charge in [0.05, 0.1) is 7.11 Å². The topological polar surface area (TPSA) is 70.5 Å². The molecule has 0 aliphatic heterocycles. The molecule has 0 aliphatic rings. The van der Waals surface area contributed by atoms with Crippen molar-refractivity contribution in [3.8, 4) is 11.5 Å². The van der Waals surface area contributed by atoms with Gasteiger partial charge >= 0.3 is 6.61 Å². The zero-order valence-electron chi connectivity index (χ0n) is 11.5.